The van der Waals surface area contributed by atoms with E-state index in [0.717, 1.165) is 17.6 Å². The first kappa shape index (κ1) is 9.07. The average molecular weight is 166 g/mol. The molecule has 0 aliphatic rings. The van der Waals surface area contributed by atoms with Crippen LogP contribution in [0, 0.1) is 0 Å². The van der Waals surface area contributed by atoms with Gasteiger partial charge >= 0.3 is 0 Å². The van der Waals surface area contributed by atoms with E-state index in [9.17, 15) is 5.11 Å². The van der Waals surface area contributed by atoms with Gasteiger partial charge in [0.15, 0.2) is 0 Å². The standard InChI is InChI=1S/C10H14O2/c1-3-8(2)6-10(11)9-4-5-12-7-9/h4-5,7,10-11H,2-3,6H2,1H3. The highest BCUT2D eigenvalue weighted by Gasteiger charge is 2.08. The Kier molecular flexibility index (Phi) is 3.11. The van der Waals surface area contributed by atoms with Crippen LogP contribution in [-0.4, -0.2) is 5.11 Å². The van der Waals surface area contributed by atoms with Crippen molar-refractivity contribution in [1.29, 1.82) is 0 Å². The van der Waals surface area contributed by atoms with Crippen molar-refractivity contribution >= 4 is 0 Å². The predicted molar refractivity (Wildman–Crippen MR) is 47.7 cm³/mol. The van der Waals surface area contributed by atoms with Gasteiger partial charge in [-0.05, 0) is 18.9 Å². The largest absolute Gasteiger partial charge is 0.472 e. The van der Waals surface area contributed by atoms with Gasteiger partial charge in [-0.1, -0.05) is 19.1 Å². The smallest absolute Gasteiger partial charge is 0.0960 e. The van der Waals surface area contributed by atoms with Crippen LogP contribution in [-0.2, 0) is 0 Å². The molecule has 0 aliphatic carbocycles. The van der Waals surface area contributed by atoms with Gasteiger partial charge in [-0.15, -0.1) is 0 Å². The molecule has 0 aliphatic heterocycles. The maximum absolute atomic E-state index is 9.59. The summed E-state index contributed by atoms with van der Waals surface area (Å²) in [5.74, 6) is 0. The summed E-state index contributed by atoms with van der Waals surface area (Å²) in [6.45, 7) is 5.86. The van der Waals surface area contributed by atoms with Crippen molar-refractivity contribution in [2.75, 3.05) is 0 Å². The van der Waals surface area contributed by atoms with Crippen LogP contribution in [0.4, 0.5) is 0 Å². The Hall–Kier alpha value is -1.02. The van der Waals surface area contributed by atoms with E-state index < -0.39 is 6.10 Å². The summed E-state index contributed by atoms with van der Waals surface area (Å²) in [6, 6.07) is 1.77. The van der Waals surface area contributed by atoms with Crippen molar-refractivity contribution in [2.24, 2.45) is 0 Å². The van der Waals surface area contributed by atoms with Gasteiger partial charge in [0.25, 0.3) is 0 Å². The third-order valence-corrected chi connectivity index (χ3v) is 1.91. The van der Waals surface area contributed by atoms with E-state index >= 15 is 0 Å². The van der Waals surface area contributed by atoms with Crippen LogP contribution < -0.4 is 0 Å². The van der Waals surface area contributed by atoms with Crippen molar-refractivity contribution in [3.8, 4) is 0 Å². The summed E-state index contributed by atoms with van der Waals surface area (Å²) in [5, 5.41) is 9.59. The van der Waals surface area contributed by atoms with Crippen molar-refractivity contribution in [3.05, 3.63) is 36.3 Å². The SMILES string of the molecule is C=C(CC)CC(O)c1ccoc1. The van der Waals surface area contributed by atoms with Crippen LogP contribution in [0.25, 0.3) is 0 Å². The fourth-order valence-corrected chi connectivity index (χ4v) is 1.00. The Bertz CT molecular complexity index is 236. The summed E-state index contributed by atoms with van der Waals surface area (Å²) in [4.78, 5) is 0. The topological polar surface area (TPSA) is 33.4 Å². The van der Waals surface area contributed by atoms with Crippen LogP contribution in [0.1, 0.15) is 31.4 Å². The molecule has 1 aromatic heterocycles. The molecular formula is C10H14O2. The lowest BCUT2D eigenvalue weighted by atomic mass is 10.0. The highest BCUT2D eigenvalue weighted by atomic mass is 16.3. The third kappa shape index (κ3) is 2.24. The van der Waals surface area contributed by atoms with E-state index in [2.05, 4.69) is 6.58 Å². The van der Waals surface area contributed by atoms with Crippen LogP contribution in [0.15, 0.2) is 35.2 Å². The van der Waals surface area contributed by atoms with Gasteiger partial charge in [-0.25, -0.2) is 0 Å². The number of rotatable bonds is 4. The van der Waals surface area contributed by atoms with E-state index in [1.807, 2.05) is 6.92 Å². The second-order valence-corrected chi connectivity index (χ2v) is 2.88. The minimum atomic E-state index is -0.462. The molecule has 1 atom stereocenters. The number of hydrogen-bond acceptors (Lipinski definition) is 2. The molecule has 2 nitrogen and oxygen atoms in total. The molecule has 0 saturated carbocycles. The Balaban J connectivity index is 2.49. The summed E-state index contributed by atoms with van der Waals surface area (Å²) in [6.07, 6.45) is 4.20. The van der Waals surface area contributed by atoms with Crippen molar-refractivity contribution in [3.63, 3.8) is 0 Å². The molecule has 1 unspecified atom stereocenters. The zero-order valence-electron chi connectivity index (χ0n) is 7.29. The fourth-order valence-electron chi connectivity index (χ4n) is 1.00. The first-order chi connectivity index (χ1) is 5.74. The summed E-state index contributed by atoms with van der Waals surface area (Å²) >= 11 is 0. The second-order valence-electron chi connectivity index (χ2n) is 2.88. The molecule has 0 fully saturated rings. The van der Waals surface area contributed by atoms with Crippen LogP contribution in [0.2, 0.25) is 0 Å². The fraction of sp³-hybridized carbons (Fsp3) is 0.400. The normalized spacial score (nSPS) is 12.8. The molecule has 0 spiro atoms. The molecule has 0 radical (unpaired) electrons. The Morgan fingerprint density at radius 1 is 1.75 bits per heavy atom. The first-order valence-corrected chi connectivity index (χ1v) is 4.10. The number of aliphatic hydroxyl groups excluding tert-OH is 1. The lowest BCUT2D eigenvalue weighted by molar-refractivity contribution is 0.176. The second kappa shape index (κ2) is 4.12. The summed E-state index contributed by atoms with van der Waals surface area (Å²) in [7, 11) is 0. The summed E-state index contributed by atoms with van der Waals surface area (Å²) < 4.78 is 4.86. The highest BCUT2D eigenvalue weighted by molar-refractivity contribution is 5.12. The van der Waals surface area contributed by atoms with E-state index in [-0.39, 0.29) is 0 Å². The van der Waals surface area contributed by atoms with E-state index in [1.165, 1.54) is 0 Å². The van der Waals surface area contributed by atoms with Gasteiger partial charge in [0.05, 0.1) is 18.6 Å². The molecule has 66 valence electrons. The van der Waals surface area contributed by atoms with Crippen LogP contribution in [0.5, 0.6) is 0 Å². The molecule has 1 heterocycles. The molecule has 1 rings (SSSR count). The number of hydrogen-bond donors (Lipinski definition) is 1. The maximum Gasteiger partial charge on any atom is 0.0960 e. The molecule has 0 aromatic carbocycles. The Morgan fingerprint density at radius 3 is 3.00 bits per heavy atom. The van der Waals surface area contributed by atoms with Crippen molar-refractivity contribution in [1.82, 2.24) is 0 Å². The first-order valence-electron chi connectivity index (χ1n) is 4.10. The van der Waals surface area contributed by atoms with E-state index in [0.29, 0.717) is 6.42 Å². The Labute approximate surface area is 72.5 Å². The van der Waals surface area contributed by atoms with E-state index in [4.69, 9.17) is 4.42 Å². The van der Waals surface area contributed by atoms with Crippen molar-refractivity contribution in [2.45, 2.75) is 25.9 Å². The summed E-state index contributed by atoms with van der Waals surface area (Å²) in [5.41, 5.74) is 1.88. The molecule has 1 aromatic rings. The zero-order chi connectivity index (χ0) is 8.97. The minimum absolute atomic E-state index is 0.462. The molecule has 2 heteroatoms. The van der Waals surface area contributed by atoms with Gasteiger partial charge in [-0.2, -0.15) is 0 Å². The lowest BCUT2D eigenvalue weighted by Gasteiger charge is -2.08. The van der Waals surface area contributed by atoms with Gasteiger partial charge in [0.1, 0.15) is 0 Å². The van der Waals surface area contributed by atoms with Crippen molar-refractivity contribution < 1.29 is 9.52 Å². The van der Waals surface area contributed by atoms with E-state index in [1.54, 1.807) is 18.6 Å². The van der Waals surface area contributed by atoms with Crippen LogP contribution >= 0.6 is 0 Å². The molecule has 1 N–H and O–H groups in total. The zero-order valence-corrected chi connectivity index (χ0v) is 7.29. The van der Waals surface area contributed by atoms with Gasteiger partial charge in [-0.3, -0.25) is 0 Å². The van der Waals surface area contributed by atoms with Gasteiger partial charge < -0.3 is 9.52 Å². The lowest BCUT2D eigenvalue weighted by Crippen LogP contribution is -1.96. The van der Waals surface area contributed by atoms with Gasteiger partial charge in [0, 0.05) is 5.56 Å². The average Bonchev–Trinajstić information content (AvgIpc) is 2.56. The molecule has 0 bridgehead atoms. The van der Waals surface area contributed by atoms with Gasteiger partial charge in [0.2, 0.25) is 0 Å². The monoisotopic (exact) mass is 166 g/mol. The molecule has 12 heavy (non-hydrogen) atoms. The third-order valence-electron chi connectivity index (χ3n) is 1.91. The maximum atomic E-state index is 9.59. The highest BCUT2D eigenvalue weighted by Crippen LogP contribution is 2.21. The minimum Gasteiger partial charge on any atom is -0.472 e. The molecular weight excluding hydrogens is 152 g/mol. The van der Waals surface area contributed by atoms with Crippen LogP contribution in [0.3, 0.4) is 0 Å². The number of furan rings is 1. The Morgan fingerprint density at radius 2 is 2.50 bits per heavy atom. The molecule has 0 amide bonds. The number of aliphatic hydroxyl groups is 1. The molecule has 0 saturated heterocycles. The predicted octanol–water partition coefficient (Wildman–Crippen LogP) is 2.67. The quantitative estimate of drug-likeness (QED) is 0.697.